The fraction of sp³-hybridized carbons (Fsp3) is 0.750. The van der Waals surface area contributed by atoms with Crippen LogP contribution in [0.4, 0.5) is 0 Å². The smallest absolute Gasteiger partial charge is 0.320 e. The first-order chi connectivity index (χ1) is 5.91. The third-order valence-corrected chi connectivity index (χ3v) is 2.07. The van der Waals surface area contributed by atoms with Gasteiger partial charge >= 0.3 is 11.9 Å². The van der Waals surface area contributed by atoms with Crippen LogP contribution in [-0.4, -0.2) is 45.7 Å². The maximum atomic E-state index is 10.6. The van der Waals surface area contributed by atoms with E-state index in [2.05, 4.69) is 0 Å². The van der Waals surface area contributed by atoms with E-state index in [0.717, 1.165) is 0 Å². The minimum Gasteiger partial charge on any atom is -0.480 e. The average Bonchev–Trinajstić information content (AvgIpc) is 2.04. The van der Waals surface area contributed by atoms with E-state index in [1.807, 2.05) is 0 Å². The Kier molecular flexibility index (Phi) is 7.72. The molecule has 84 valence electrons. The van der Waals surface area contributed by atoms with Gasteiger partial charge in [-0.25, -0.2) is 0 Å². The molecule has 0 aliphatic carbocycles. The van der Waals surface area contributed by atoms with Gasteiger partial charge in [-0.2, -0.15) is 0 Å². The van der Waals surface area contributed by atoms with Crippen LogP contribution in [-0.2, 0) is 26.7 Å². The maximum Gasteiger partial charge on any atom is 0.320 e. The van der Waals surface area contributed by atoms with Crippen LogP contribution in [0.25, 0.3) is 0 Å². The van der Waals surface area contributed by atoms with Gasteiger partial charge in [0.15, 0.2) is 0 Å². The van der Waals surface area contributed by atoms with Gasteiger partial charge in [-0.3, -0.25) is 14.5 Å². The average molecular weight is 245 g/mol. The van der Waals surface area contributed by atoms with E-state index >= 15 is 0 Å². The Morgan fingerprint density at radius 3 is 1.57 bits per heavy atom. The number of hydrogen-bond donors (Lipinski definition) is 2. The van der Waals surface area contributed by atoms with Crippen molar-refractivity contribution in [2.45, 2.75) is 32.9 Å². The molecule has 6 heteroatoms. The second-order valence-electron chi connectivity index (χ2n) is 2.86. The van der Waals surface area contributed by atoms with Gasteiger partial charge in [0.1, 0.15) is 12.1 Å². The quantitative estimate of drug-likeness (QED) is 0.679. The topological polar surface area (TPSA) is 77.8 Å². The van der Waals surface area contributed by atoms with Gasteiger partial charge in [0.05, 0.1) is 0 Å². The zero-order valence-electron chi connectivity index (χ0n) is 8.37. The van der Waals surface area contributed by atoms with Gasteiger partial charge in [-0.15, -0.1) is 0 Å². The molecule has 0 saturated carbocycles. The SMILES string of the molecule is CCN(C(C)C(=O)O)C(C)C(=O)O.[Fe]. The summed E-state index contributed by atoms with van der Waals surface area (Å²) in [5.74, 6) is -2.01. The Balaban J connectivity index is 0. The van der Waals surface area contributed by atoms with Crippen molar-refractivity contribution in [1.82, 2.24) is 4.90 Å². The fourth-order valence-electron chi connectivity index (χ4n) is 1.17. The molecule has 0 fully saturated rings. The van der Waals surface area contributed by atoms with Crippen molar-refractivity contribution in [2.75, 3.05) is 6.54 Å². The van der Waals surface area contributed by atoms with Crippen LogP contribution >= 0.6 is 0 Å². The van der Waals surface area contributed by atoms with Crippen LogP contribution < -0.4 is 0 Å². The van der Waals surface area contributed by atoms with Crippen molar-refractivity contribution in [3.63, 3.8) is 0 Å². The largest absolute Gasteiger partial charge is 0.480 e. The first-order valence-corrected chi connectivity index (χ1v) is 4.13. The molecule has 5 nitrogen and oxygen atoms in total. The van der Waals surface area contributed by atoms with Gasteiger partial charge in [0.25, 0.3) is 0 Å². The van der Waals surface area contributed by atoms with Gasteiger partial charge < -0.3 is 10.2 Å². The minimum atomic E-state index is -1.00. The number of hydrogen-bond acceptors (Lipinski definition) is 3. The van der Waals surface area contributed by atoms with Crippen LogP contribution in [0.2, 0.25) is 0 Å². The summed E-state index contributed by atoms with van der Waals surface area (Å²) < 4.78 is 0. The number of rotatable bonds is 5. The van der Waals surface area contributed by atoms with Crippen LogP contribution in [0.3, 0.4) is 0 Å². The molecule has 0 radical (unpaired) electrons. The summed E-state index contributed by atoms with van der Waals surface area (Å²) in [5.41, 5.74) is 0. The molecule has 0 amide bonds. The first-order valence-electron chi connectivity index (χ1n) is 4.13. The molecule has 0 rings (SSSR count). The number of carbonyl (C=O) groups is 2. The summed E-state index contributed by atoms with van der Waals surface area (Å²) in [6, 6.07) is -1.54. The molecule has 0 aromatic rings. The Bertz CT molecular complexity index is 190. The van der Waals surface area contributed by atoms with Gasteiger partial charge in [0.2, 0.25) is 0 Å². The van der Waals surface area contributed by atoms with E-state index < -0.39 is 24.0 Å². The van der Waals surface area contributed by atoms with Crippen molar-refractivity contribution in [1.29, 1.82) is 0 Å². The standard InChI is InChI=1S/C8H15NO4.Fe/c1-4-9(5(2)7(10)11)6(3)8(12)13;/h5-6H,4H2,1-3H3,(H,10,11)(H,12,13);. The van der Waals surface area contributed by atoms with E-state index in [-0.39, 0.29) is 17.1 Å². The molecule has 0 saturated heterocycles. The zero-order valence-corrected chi connectivity index (χ0v) is 9.48. The first kappa shape index (κ1) is 15.9. The molecule has 0 bridgehead atoms. The molecule has 2 atom stereocenters. The molecule has 2 N–H and O–H groups in total. The number of nitrogens with zero attached hydrogens (tertiary/aromatic N) is 1. The summed E-state index contributed by atoms with van der Waals surface area (Å²) in [7, 11) is 0. The van der Waals surface area contributed by atoms with Crippen molar-refractivity contribution in [2.24, 2.45) is 0 Å². The van der Waals surface area contributed by atoms with Crippen LogP contribution in [0.5, 0.6) is 0 Å². The maximum absolute atomic E-state index is 10.6. The summed E-state index contributed by atoms with van der Waals surface area (Å²) in [5, 5.41) is 17.4. The van der Waals surface area contributed by atoms with Crippen LogP contribution in [0.15, 0.2) is 0 Å². The molecular weight excluding hydrogens is 230 g/mol. The van der Waals surface area contributed by atoms with Crippen molar-refractivity contribution < 1.29 is 36.9 Å². The van der Waals surface area contributed by atoms with E-state index in [9.17, 15) is 9.59 Å². The van der Waals surface area contributed by atoms with Crippen LogP contribution in [0.1, 0.15) is 20.8 Å². The molecule has 0 heterocycles. The Morgan fingerprint density at radius 1 is 1.14 bits per heavy atom. The Morgan fingerprint density at radius 2 is 1.43 bits per heavy atom. The minimum absolute atomic E-state index is 0. The monoisotopic (exact) mass is 245 g/mol. The summed E-state index contributed by atoms with van der Waals surface area (Å²) >= 11 is 0. The summed E-state index contributed by atoms with van der Waals surface area (Å²) in [6.45, 7) is 5.09. The number of aliphatic carboxylic acids is 2. The van der Waals surface area contributed by atoms with Crippen LogP contribution in [0, 0.1) is 0 Å². The zero-order chi connectivity index (χ0) is 10.6. The predicted octanol–water partition coefficient (Wildman–Crippen LogP) is 0.252. The van der Waals surface area contributed by atoms with Crippen molar-refractivity contribution in [3.8, 4) is 0 Å². The molecule has 0 aliphatic rings. The number of carboxylic acid groups (broad SMARTS) is 2. The third-order valence-electron chi connectivity index (χ3n) is 2.07. The second kappa shape index (κ2) is 6.81. The molecule has 0 aromatic carbocycles. The fourth-order valence-corrected chi connectivity index (χ4v) is 1.17. The molecule has 2 unspecified atom stereocenters. The van der Waals surface area contributed by atoms with E-state index in [1.165, 1.54) is 18.7 Å². The van der Waals surface area contributed by atoms with Gasteiger partial charge in [-0.05, 0) is 20.4 Å². The van der Waals surface area contributed by atoms with Gasteiger partial charge in [-0.1, -0.05) is 6.92 Å². The number of carboxylic acids is 2. The summed E-state index contributed by atoms with van der Waals surface area (Å²) in [4.78, 5) is 22.6. The third kappa shape index (κ3) is 4.09. The molecule has 14 heavy (non-hydrogen) atoms. The number of likely N-dealkylation sites (N-methyl/N-ethyl adjacent to an activating group) is 1. The normalized spacial score (nSPS) is 14.3. The molecule has 0 aromatic heterocycles. The van der Waals surface area contributed by atoms with Crippen molar-refractivity contribution in [3.05, 3.63) is 0 Å². The Labute approximate surface area is 93.6 Å². The molecular formula is C8H15FeNO4. The molecule has 0 aliphatic heterocycles. The second-order valence-corrected chi connectivity index (χ2v) is 2.86. The van der Waals surface area contributed by atoms with E-state index in [0.29, 0.717) is 6.54 Å². The summed E-state index contributed by atoms with van der Waals surface area (Å²) in [6.07, 6.45) is 0. The van der Waals surface area contributed by atoms with E-state index in [4.69, 9.17) is 10.2 Å². The predicted molar refractivity (Wildman–Crippen MR) is 46.6 cm³/mol. The molecule has 0 spiro atoms. The van der Waals surface area contributed by atoms with Gasteiger partial charge in [0, 0.05) is 17.1 Å². The van der Waals surface area contributed by atoms with Crippen molar-refractivity contribution >= 4 is 11.9 Å². The van der Waals surface area contributed by atoms with E-state index in [1.54, 1.807) is 6.92 Å². The Hall–Kier alpha value is -0.581.